The van der Waals surface area contributed by atoms with Crippen LogP contribution >= 0.6 is 0 Å². The van der Waals surface area contributed by atoms with E-state index < -0.39 is 0 Å². The van der Waals surface area contributed by atoms with Crippen molar-refractivity contribution in [1.29, 1.82) is 0 Å². The number of fused-ring (bicyclic) bond motifs is 4. The van der Waals surface area contributed by atoms with Crippen molar-refractivity contribution in [3.63, 3.8) is 0 Å². The largest absolute Gasteiger partial charge is 0.457 e. The molecule has 0 aliphatic rings. The molecule has 0 radical (unpaired) electrons. The molecule has 274 valence electrons. The maximum atomic E-state index is 13.8. The van der Waals surface area contributed by atoms with Gasteiger partial charge < -0.3 is 19.4 Å². The Morgan fingerprint density at radius 2 is 0.679 bits per heavy atom. The number of ether oxygens (including phenoxy) is 2. The van der Waals surface area contributed by atoms with E-state index >= 15 is 0 Å². The van der Waals surface area contributed by atoms with Gasteiger partial charge in [0.05, 0.1) is 22.1 Å². The molecule has 0 bridgehead atoms. The molecule has 0 amide bonds. The number of benzene rings is 7. The molecule has 2 N–H and O–H groups in total. The molecular formula is C50H40N2O4. The maximum Gasteiger partial charge on any atom is 0.197 e. The first-order valence-corrected chi connectivity index (χ1v) is 18.8. The zero-order valence-corrected chi connectivity index (χ0v) is 31.6. The van der Waals surface area contributed by atoms with E-state index in [9.17, 15) is 9.59 Å². The molecule has 0 spiro atoms. The molecule has 0 saturated carbocycles. The lowest BCUT2D eigenvalue weighted by Gasteiger charge is -2.26. The van der Waals surface area contributed by atoms with Crippen molar-refractivity contribution in [2.75, 3.05) is 0 Å². The zero-order chi connectivity index (χ0) is 38.6. The summed E-state index contributed by atoms with van der Waals surface area (Å²) < 4.78 is 12.5. The van der Waals surface area contributed by atoms with Crippen molar-refractivity contribution in [3.05, 3.63) is 200 Å². The third-order valence-corrected chi connectivity index (χ3v) is 11.3. The van der Waals surface area contributed by atoms with Crippen molar-refractivity contribution in [3.8, 4) is 23.0 Å². The van der Waals surface area contributed by atoms with Gasteiger partial charge in [0.25, 0.3) is 0 Å². The number of aromatic nitrogens is 2. The standard InChI is InChI=1S/C50H40N2O4/c1-49(2,31-11-7-5-8-12-31)33-15-19-35(20-16-33)55-37-23-25-39-43(27-37)51-45-29-42-46(30-41(45)47(39)53)52-44-28-38(24-26-40(44)48(42)54)56-36-21-17-34(18-22-36)50(3,4)32-13-9-6-10-14-32/h5-30H,1-4H3,(H,51,53)(H,52,54). The van der Waals surface area contributed by atoms with Crippen LogP contribution in [0.4, 0.5) is 0 Å². The Labute approximate surface area is 324 Å². The van der Waals surface area contributed by atoms with Crippen LogP contribution in [0.1, 0.15) is 49.9 Å². The Hall–Kier alpha value is -6.92. The summed E-state index contributed by atoms with van der Waals surface area (Å²) in [5.41, 5.74) is 6.64. The Bertz CT molecular complexity index is 2830. The van der Waals surface area contributed by atoms with E-state index in [-0.39, 0.29) is 21.7 Å². The zero-order valence-electron chi connectivity index (χ0n) is 31.6. The van der Waals surface area contributed by atoms with Crippen molar-refractivity contribution < 1.29 is 9.47 Å². The van der Waals surface area contributed by atoms with Crippen molar-refractivity contribution in [2.24, 2.45) is 0 Å². The second-order valence-corrected chi connectivity index (χ2v) is 15.5. The van der Waals surface area contributed by atoms with Gasteiger partial charge in [0.1, 0.15) is 23.0 Å². The number of pyridine rings is 2. The summed E-state index contributed by atoms with van der Waals surface area (Å²) in [6.45, 7) is 8.84. The number of H-pyrrole nitrogens is 2. The smallest absolute Gasteiger partial charge is 0.197 e. The van der Waals surface area contributed by atoms with E-state index in [2.05, 4.69) is 110 Å². The fraction of sp³-hybridized carbons (Fsp3) is 0.120. The minimum absolute atomic E-state index is 0.133. The third-order valence-electron chi connectivity index (χ3n) is 11.3. The van der Waals surface area contributed by atoms with Crippen molar-refractivity contribution >= 4 is 43.6 Å². The normalized spacial score (nSPS) is 12.1. The minimum Gasteiger partial charge on any atom is -0.457 e. The molecule has 0 aliphatic carbocycles. The van der Waals surface area contributed by atoms with Gasteiger partial charge in [-0.15, -0.1) is 0 Å². The lowest BCUT2D eigenvalue weighted by Crippen LogP contribution is -2.18. The summed E-state index contributed by atoms with van der Waals surface area (Å²) in [6, 6.07) is 51.4. The van der Waals surface area contributed by atoms with E-state index in [0.717, 1.165) is 0 Å². The Morgan fingerprint density at radius 3 is 1.05 bits per heavy atom. The fourth-order valence-electron chi connectivity index (χ4n) is 7.73. The topological polar surface area (TPSA) is 84.2 Å². The summed E-state index contributed by atoms with van der Waals surface area (Å²) in [5.74, 6) is 2.58. The summed E-state index contributed by atoms with van der Waals surface area (Å²) >= 11 is 0. The number of rotatable bonds is 8. The summed E-state index contributed by atoms with van der Waals surface area (Å²) in [6.07, 6.45) is 0. The average Bonchev–Trinajstić information content (AvgIpc) is 3.22. The van der Waals surface area contributed by atoms with Crippen LogP contribution in [-0.2, 0) is 10.8 Å². The average molecular weight is 733 g/mol. The van der Waals surface area contributed by atoms with Gasteiger partial charge in [0, 0.05) is 44.5 Å². The second kappa shape index (κ2) is 13.4. The van der Waals surface area contributed by atoms with E-state index in [1.165, 1.54) is 22.3 Å². The lowest BCUT2D eigenvalue weighted by atomic mass is 9.78. The lowest BCUT2D eigenvalue weighted by molar-refractivity contribution is 0.482. The van der Waals surface area contributed by atoms with Gasteiger partial charge in [0.2, 0.25) is 0 Å². The van der Waals surface area contributed by atoms with Gasteiger partial charge in [-0.3, -0.25) is 9.59 Å². The highest BCUT2D eigenvalue weighted by molar-refractivity contribution is 6.03. The summed E-state index contributed by atoms with van der Waals surface area (Å²) in [5, 5.41) is 2.02. The first-order valence-electron chi connectivity index (χ1n) is 18.8. The summed E-state index contributed by atoms with van der Waals surface area (Å²) in [4.78, 5) is 34.5. The molecule has 56 heavy (non-hydrogen) atoms. The van der Waals surface area contributed by atoms with Crippen LogP contribution in [-0.4, -0.2) is 9.97 Å². The van der Waals surface area contributed by atoms with E-state index in [4.69, 9.17) is 9.47 Å². The molecule has 9 aromatic rings. The van der Waals surface area contributed by atoms with Crippen LogP contribution in [0.5, 0.6) is 23.0 Å². The molecule has 0 atom stereocenters. The molecule has 0 unspecified atom stereocenters. The number of nitrogens with one attached hydrogen (secondary N) is 2. The van der Waals surface area contributed by atoms with Crippen LogP contribution in [0.3, 0.4) is 0 Å². The van der Waals surface area contributed by atoms with Crippen molar-refractivity contribution in [1.82, 2.24) is 9.97 Å². The second-order valence-electron chi connectivity index (χ2n) is 15.5. The predicted molar refractivity (Wildman–Crippen MR) is 228 cm³/mol. The Balaban J connectivity index is 0.991. The highest BCUT2D eigenvalue weighted by atomic mass is 16.5. The summed E-state index contributed by atoms with van der Waals surface area (Å²) in [7, 11) is 0. The highest BCUT2D eigenvalue weighted by Crippen LogP contribution is 2.35. The molecule has 0 aliphatic heterocycles. The number of hydrogen-bond donors (Lipinski definition) is 2. The van der Waals surface area contributed by atoms with Crippen LogP contribution in [0.15, 0.2) is 167 Å². The molecule has 0 saturated heterocycles. The molecule has 2 heterocycles. The van der Waals surface area contributed by atoms with Crippen LogP contribution < -0.4 is 20.3 Å². The van der Waals surface area contributed by atoms with Crippen LogP contribution in [0, 0.1) is 0 Å². The van der Waals surface area contributed by atoms with Gasteiger partial charge in [-0.25, -0.2) is 0 Å². The van der Waals surface area contributed by atoms with E-state index in [1.54, 1.807) is 36.4 Å². The fourth-order valence-corrected chi connectivity index (χ4v) is 7.73. The van der Waals surface area contributed by atoms with E-state index in [0.29, 0.717) is 66.6 Å². The van der Waals surface area contributed by atoms with Gasteiger partial charge in [0.15, 0.2) is 10.9 Å². The van der Waals surface area contributed by atoms with E-state index in [1.807, 2.05) is 48.5 Å². The molecule has 2 aromatic heterocycles. The highest BCUT2D eigenvalue weighted by Gasteiger charge is 2.24. The molecule has 9 rings (SSSR count). The molecule has 0 fully saturated rings. The number of hydrogen-bond acceptors (Lipinski definition) is 4. The first kappa shape index (κ1) is 34.8. The molecule has 6 heteroatoms. The predicted octanol–water partition coefficient (Wildman–Crippen LogP) is 11.9. The van der Waals surface area contributed by atoms with Gasteiger partial charge >= 0.3 is 0 Å². The maximum absolute atomic E-state index is 13.8. The first-order chi connectivity index (χ1) is 27.0. The monoisotopic (exact) mass is 732 g/mol. The number of aromatic amines is 2. The molecule has 7 aromatic carbocycles. The van der Waals surface area contributed by atoms with Crippen molar-refractivity contribution in [2.45, 2.75) is 38.5 Å². The van der Waals surface area contributed by atoms with Crippen LogP contribution in [0.25, 0.3) is 43.6 Å². The minimum atomic E-state index is -0.159. The molecular weight excluding hydrogens is 693 g/mol. The third kappa shape index (κ3) is 6.19. The van der Waals surface area contributed by atoms with Gasteiger partial charge in [-0.2, -0.15) is 0 Å². The van der Waals surface area contributed by atoms with Gasteiger partial charge in [-0.1, -0.05) is 113 Å². The quantitative estimate of drug-likeness (QED) is 0.152. The Kier molecular flexibility index (Phi) is 8.35. The molecule has 6 nitrogen and oxygen atoms in total. The Morgan fingerprint density at radius 1 is 0.357 bits per heavy atom. The van der Waals surface area contributed by atoms with Crippen LogP contribution in [0.2, 0.25) is 0 Å². The SMILES string of the molecule is CC(C)(c1ccccc1)c1ccc(Oc2ccc3c(=O)c4cc5[nH]c6cc(Oc7ccc(C(C)(C)c8ccccc8)cc7)ccc6c(=O)c5cc4[nH]c3c2)cc1. The van der Waals surface area contributed by atoms with Gasteiger partial charge in [-0.05, 0) is 82.9 Å².